The van der Waals surface area contributed by atoms with Crippen molar-refractivity contribution in [2.24, 2.45) is 0 Å². The number of hydrogen-bond acceptors (Lipinski definition) is 4. The first-order chi connectivity index (χ1) is 29.2. The van der Waals surface area contributed by atoms with Crippen LogP contribution in [0.4, 0.5) is 0 Å². The van der Waals surface area contributed by atoms with Crippen molar-refractivity contribution in [2.45, 2.75) is 0 Å². The molecule has 0 saturated heterocycles. The molecule has 2 heterocycles. The molecule has 59 heavy (non-hydrogen) atoms. The van der Waals surface area contributed by atoms with Crippen molar-refractivity contribution in [2.75, 3.05) is 0 Å². The second kappa shape index (κ2) is 14.5. The van der Waals surface area contributed by atoms with Crippen molar-refractivity contribution in [3.63, 3.8) is 0 Å². The molecule has 4 heteroatoms. The monoisotopic (exact) mass is 753 g/mol. The maximum absolute atomic E-state index is 6.20. The Balaban J connectivity index is 0.986. The fourth-order valence-electron chi connectivity index (χ4n) is 8.15. The topological polar surface area (TPSA) is 51.8 Å². The van der Waals surface area contributed by atoms with Gasteiger partial charge in [-0.15, -0.1) is 0 Å². The summed E-state index contributed by atoms with van der Waals surface area (Å²) in [5, 5.41) is 4.62. The minimum absolute atomic E-state index is 0.619. The van der Waals surface area contributed by atoms with Gasteiger partial charge in [0.1, 0.15) is 11.2 Å². The normalized spacial score (nSPS) is 11.4. The Bertz CT molecular complexity index is 3230. The molecule has 0 aliphatic rings. The van der Waals surface area contributed by atoms with Crippen molar-refractivity contribution < 1.29 is 4.42 Å². The summed E-state index contributed by atoms with van der Waals surface area (Å²) in [7, 11) is 0. The van der Waals surface area contributed by atoms with E-state index in [4.69, 9.17) is 19.4 Å². The van der Waals surface area contributed by atoms with Gasteiger partial charge in [-0.1, -0.05) is 170 Å². The van der Waals surface area contributed by atoms with Crippen LogP contribution in [0, 0.1) is 0 Å². The summed E-state index contributed by atoms with van der Waals surface area (Å²) >= 11 is 0. The molecule has 0 atom stereocenters. The first-order valence-corrected chi connectivity index (χ1v) is 19.8. The summed E-state index contributed by atoms with van der Waals surface area (Å²) in [4.78, 5) is 15.4. The fraction of sp³-hybridized carbons (Fsp3) is 0. The predicted octanol–water partition coefficient (Wildman–Crippen LogP) is 14.6. The Hall–Kier alpha value is -7.95. The van der Waals surface area contributed by atoms with Crippen LogP contribution in [0.2, 0.25) is 0 Å². The Morgan fingerprint density at radius 1 is 0.271 bits per heavy atom. The number of nitrogens with zero attached hydrogens (tertiary/aromatic N) is 3. The van der Waals surface area contributed by atoms with Crippen molar-refractivity contribution in [3.05, 3.63) is 212 Å². The van der Waals surface area contributed by atoms with Crippen LogP contribution >= 0.6 is 0 Å². The zero-order valence-corrected chi connectivity index (χ0v) is 32.0. The lowest BCUT2D eigenvalue weighted by Crippen LogP contribution is -2.00. The first-order valence-electron chi connectivity index (χ1n) is 19.8. The van der Waals surface area contributed by atoms with Gasteiger partial charge in [-0.2, -0.15) is 0 Å². The molecule has 9 aromatic carbocycles. The van der Waals surface area contributed by atoms with Crippen molar-refractivity contribution in [3.8, 4) is 78.7 Å². The van der Waals surface area contributed by atoms with Crippen molar-refractivity contribution >= 4 is 32.7 Å². The SMILES string of the molecule is c1ccc(-c2cccc(-c3nc(-c4cccc(-c5ccccc5)c4)nc(-c4cccc(-c5ccc6cc(-c7cccc8oc9ccccc9c78)ccc6c5)c4)n3)c2)cc1. The van der Waals surface area contributed by atoms with Gasteiger partial charge in [0.25, 0.3) is 0 Å². The molecule has 0 spiro atoms. The van der Waals surface area contributed by atoms with E-state index in [1.165, 1.54) is 16.3 Å². The lowest BCUT2D eigenvalue weighted by atomic mass is 9.95. The Kier molecular flexibility index (Phi) is 8.45. The van der Waals surface area contributed by atoms with Crippen LogP contribution in [0.3, 0.4) is 0 Å². The van der Waals surface area contributed by atoms with Gasteiger partial charge in [0, 0.05) is 27.5 Å². The van der Waals surface area contributed by atoms with E-state index in [1.54, 1.807) is 0 Å². The van der Waals surface area contributed by atoms with Crippen LogP contribution in [0.5, 0.6) is 0 Å². The number of fused-ring (bicyclic) bond motifs is 4. The van der Waals surface area contributed by atoms with Gasteiger partial charge in [0.05, 0.1) is 0 Å². The van der Waals surface area contributed by atoms with Gasteiger partial charge in [-0.05, 0) is 97.7 Å². The molecular formula is C55H35N3O. The quantitative estimate of drug-likeness (QED) is 0.163. The average Bonchev–Trinajstić information content (AvgIpc) is 3.71. The van der Waals surface area contributed by atoms with Crippen LogP contribution in [-0.4, -0.2) is 15.0 Å². The highest BCUT2D eigenvalue weighted by Crippen LogP contribution is 2.38. The molecule has 0 fully saturated rings. The third-order valence-electron chi connectivity index (χ3n) is 11.1. The molecule has 11 aromatic rings. The van der Waals surface area contributed by atoms with E-state index in [0.717, 1.165) is 77.6 Å². The summed E-state index contributed by atoms with van der Waals surface area (Å²) in [5.74, 6) is 1.87. The zero-order chi connectivity index (χ0) is 39.1. The lowest BCUT2D eigenvalue weighted by Gasteiger charge is -2.12. The Morgan fingerprint density at radius 3 is 1.25 bits per heavy atom. The highest BCUT2D eigenvalue weighted by molar-refractivity contribution is 6.13. The molecule has 0 N–H and O–H groups in total. The number of benzene rings is 9. The second-order valence-electron chi connectivity index (χ2n) is 14.8. The highest BCUT2D eigenvalue weighted by Gasteiger charge is 2.16. The van der Waals surface area contributed by atoms with Gasteiger partial charge in [-0.3, -0.25) is 0 Å². The molecule has 0 aliphatic heterocycles. The van der Waals surface area contributed by atoms with E-state index in [0.29, 0.717) is 17.5 Å². The number of para-hydroxylation sites is 1. The molecule has 4 nitrogen and oxygen atoms in total. The molecule has 11 rings (SSSR count). The summed E-state index contributed by atoms with van der Waals surface area (Å²) in [6.45, 7) is 0. The van der Waals surface area contributed by atoms with E-state index >= 15 is 0 Å². The van der Waals surface area contributed by atoms with E-state index in [1.807, 2.05) is 30.3 Å². The molecule has 2 aromatic heterocycles. The highest BCUT2D eigenvalue weighted by atomic mass is 16.3. The number of aromatic nitrogens is 3. The van der Waals surface area contributed by atoms with E-state index < -0.39 is 0 Å². The number of furan rings is 1. The van der Waals surface area contributed by atoms with Crippen LogP contribution in [0.15, 0.2) is 217 Å². The molecule has 0 saturated carbocycles. The van der Waals surface area contributed by atoms with Gasteiger partial charge in [0.2, 0.25) is 0 Å². The average molecular weight is 754 g/mol. The molecule has 0 amide bonds. The fourth-order valence-corrected chi connectivity index (χ4v) is 8.15. The summed E-state index contributed by atoms with van der Waals surface area (Å²) in [5.41, 5.74) is 13.6. The Labute approximate surface area is 341 Å². The van der Waals surface area contributed by atoms with E-state index in [-0.39, 0.29) is 0 Å². The molecule has 0 unspecified atom stereocenters. The zero-order valence-electron chi connectivity index (χ0n) is 32.0. The molecule has 0 aliphatic carbocycles. The summed E-state index contributed by atoms with van der Waals surface area (Å²) < 4.78 is 6.20. The lowest BCUT2D eigenvalue weighted by molar-refractivity contribution is 0.669. The van der Waals surface area contributed by atoms with E-state index in [9.17, 15) is 0 Å². The summed E-state index contributed by atoms with van der Waals surface area (Å²) in [6, 6.07) is 74.1. The maximum Gasteiger partial charge on any atom is 0.164 e. The smallest absolute Gasteiger partial charge is 0.164 e. The van der Waals surface area contributed by atoms with Crippen LogP contribution in [0.25, 0.3) is 111 Å². The Morgan fingerprint density at radius 2 is 0.678 bits per heavy atom. The largest absolute Gasteiger partial charge is 0.456 e. The molecular weight excluding hydrogens is 719 g/mol. The van der Waals surface area contributed by atoms with E-state index in [2.05, 4.69) is 182 Å². The standard InChI is InChI=1S/C55H35N3O/c1-3-13-36(14-4-1)38-17-9-20-45(33-38)53-56-54(46-21-10-18-39(34-46)37-15-5-2-6-16-37)58-55(57-53)47-22-11-19-40(35-47)41-27-28-43-32-44(30-29-42(43)31-41)48-24-12-26-51-52(48)49-23-7-8-25-50(49)59-51/h1-35H. The number of rotatable bonds is 7. The third-order valence-corrected chi connectivity index (χ3v) is 11.1. The second-order valence-corrected chi connectivity index (χ2v) is 14.8. The first kappa shape index (κ1) is 34.3. The molecule has 0 radical (unpaired) electrons. The van der Waals surface area contributed by atoms with Crippen LogP contribution in [0.1, 0.15) is 0 Å². The van der Waals surface area contributed by atoms with Crippen molar-refractivity contribution in [1.29, 1.82) is 0 Å². The minimum Gasteiger partial charge on any atom is -0.456 e. The summed E-state index contributed by atoms with van der Waals surface area (Å²) in [6.07, 6.45) is 0. The minimum atomic E-state index is 0.619. The van der Waals surface area contributed by atoms with Crippen LogP contribution < -0.4 is 0 Å². The van der Waals surface area contributed by atoms with Gasteiger partial charge in [-0.25, -0.2) is 15.0 Å². The predicted molar refractivity (Wildman–Crippen MR) is 243 cm³/mol. The molecule has 276 valence electrons. The molecule has 0 bridgehead atoms. The van der Waals surface area contributed by atoms with Crippen LogP contribution in [-0.2, 0) is 0 Å². The third kappa shape index (κ3) is 6.53. The van der Waals surface area contributed by atoms with Crippen molar-refractivity contribution in [1.82, 2.24) is 15.0 Å². The maximum atomic E-state index is 6.20. The van der Waals surface area contributed by atoms with Gasteiger partial charge >= 0.3 is 0 Å². The van der Waals surface area contributed by atoms with Gasteiger partial charge < -0.3 is 4.42 Å². The van der Waals surface area contributed by atoms with Gasteiger partial charge in [0.15, 0.2) is 17.5 Å². The number of hydrogen-bond donors (Lipinski definition) is 0.